The van der Waals surface area contributed by atoms with Crippen molar-refractivity contribution in [3.05, 3.63) is 100 Å². The highest BCUT2D eigenvalue weighted by atomic mass is 35.5. The Morgan fingerprint density at radius 2 is 1.73 bits per heavy atom. The van der Waals surface area contributed by atoms with E-state index in [1.165, 1.54) is 12.1 Å². The Kier molecular flexibility index (Phi) is 7.82. The molecule has 0 spiro atoms. The summed E-state index contributed by atoms with van der Waals surface area (Å²) in [6.45, 7) is 1.72. The lowest BCUT2D eigenvalue weighted by Gasteiger charge is -2.23. The Hall–Kier alpha value is -2.89. The van der Waals surface area contributed by atoms with Gasteiger partial charge in [0.05, 0.1) is 5.02 Å². The van der Waals surface area contributed by atoms with E-state index in [4.69, 9.17) is 22.1 Å². The fraction of sp³-hybridized carbons (Fsp3) is 0.208. The van der Waals surface area contributed by atoms with Gasteiger partial charge in [0.25, 0.3) is 5.91 Å². The molecule has 3 aromatic rings. The lowest BCUT2D eigenvalue weighted by molar-refractivity contribution is 0.0742. The topological polar surface area (TPSA) is 55.6 Å². The molecule has 0 bridgehead atoms. The molecule has 6 heteroatoms. The number of nitrogens with zero attached hydrogens (tertiary/aromatic N) is 1. The predicted octanol–water partition coefficient (Wildman–Crippen LogP) is 5.05. The number of carbonyl (C=O) groups is 1. The number of hydrogen-bond donors (Lipinski definition) is 1. The predicted molar refractivity (Wildman–Crippen MR) is 117 cm³/mol. The van der Waals surface area contributed by atoms with E-state index in [0.29, 0.717) is 49.0 Å². The first-order valence-corrected chi connectivity index (χ1v) is 10.1. The third-order valence-electron chi connectivity index (χ3n) is 4.62. The molecule has 30 heavy (non-hydrogen) atoms. The molecule has 0 radical (unpaired) electrons. The first-order chi connectivity index (χ1) is 14.6. The van der Waals surface area contributed by atoms with Crippen molar-refractivity contribution in [3.63, 3.8) is 0 Å². The maximum absolute atomic E-state index is 13.2. The van der Waals surface area contributed by atoms with Crippen molar-refractivity contribution < 1.29 is 13.9 Å². The van der Waals surface area contributed by atoms with E-state index in [1.807, 2.05) is 30.3 Å². The maximum Gasteiger partial charge on any atom is 0.254 e. The molecule has 0 saturated heterocycles. The van der Waals surface area contributed by atoms with Crippen molar-refractivity contribution in [1.82, 2.24) is 4.90 Å². The van der Waals surface area contributed by atoms with Gasteiger partial charge in [-0.05, 0) is 54.4 Å². The van der Waals surface area contributed by atoms with Gasteiger partial charge in [0, 0.05) is 18.7 Å². The largest absolute Gasteiger partial charge is 0.487 e. The number of rotatable bonds is 9. The third-order valence-corrected chi connectivity index (χ3v) is 4.92. The molecular formula is C24H24ClFN2O2. The molecule has 4 nitrogen and oxygen atoms in total. The second-order valence-electron chi connectivity index (χ2n) is 6.91. The molecule has 156 valence electrons. The van der Waals surface area contributed by atoms with E-state index in [0.717, 1.165) is 11.1 Å². The summed E-state index contributed by atoms with van der Waals surface area (Å²) in [6.07, 6.45) is 0.666. The summed E-state index contributed by atoms with van der Waals surface area (Å²) < 4.78 is 19.0. The van der Waals surface area contributed by atoms with Crippen molar-refractivity contribution in [2.24, 2.45) is 5.73 Å². The average molecular weight is 427 g/mol. The summed E-state index contributed by atoms with van der Waals surface area (Å²) in [5.74, 6) is 0.0462. The fourth-order valence-electron chi connectivity index (χ4n) is 3.01. The van der Waals surface area contributed by atoms with Crippen molar-refractivity contribution in [2.45, 2.75) is 19.6 Å². The van der Waals surface area contributed by atoms with Gasteiger partial charge in [0.2, 0.25) is 0 Å². The Morgan fingerprint density at radius 3 is 2.40 bits per heavy atom. The Morgan fingerprint density at radius 1 is 1.00 bits per heavy atom. The molecule has 0 heterocycles. The summed E-state index contributed by atoms with van der Waals surface area (Å²) in [5.41, 5.74) is 7.96. The van der Waals surface area contributed by atoms with Crippen LogP contribution in [0.2, 0.25) is 5.02 Å². The van der Waals surface area contributed by atoms with Crippen LogP contribution in [0.25, 0.3) is 0 Å². The van der Waals surface area contributed by atoms with Crippen LogP contribution in [-0.2, 0) is 13.2 Å². The van der Waals surface area contributed by atoms with Gasteiger partial charge in [-0.1, -0.05) is 54.1 Å². The first kappa shape index (κ1) is 21.8. The second kappa shape index (κ2) is 10.8. The Balaban J connectivity index is 1.71. The zero-order valence-corrected chi connectivity index (χ0v) is 17.3. The molecule has 0 aliphatic heterocycles. The number of nitrogens with two attached hydrogens (primary N) is 1. The van der Waals surface area contributed by atoms with Crippen LogP contribution < -0.4 is 10.5 Å². The van der Waals surface area contributed by atoms with Crippen LogP contribution in [0.3, 0.4) is 0 Å². The molecule has 0 saturated carbocycles. The highest BCUT2D eigenvalue weighted by Gasteiger charge is 2.17. The van der Waals surface area contributed by atoms with E-state index in [-0.39, 0.29) is 11.7 Å². The van der Waals surface area contributed by atoms with Crippen LogP contribution in [0.4, 0.5) is 4.39 Å². The van der Waals surface area contributed by atoms with Gasteiger partial charge in [-0.2, -0.15) is 0 Å². The minimum atomic E-state index is -0.309. The second-order valence-corrected chi connectivity index (χ2v) is 7.32. The molecule has 1 amide bonds. The molecule has 0 atom stereocenters. The molecule has 3 rings (SSSR count). The summed E-state index contributed by atoms with van der Waals surface area (Å²) in [5, 5.41) is 0.373. The van der Waals surface area contributed by atoms with E-state index >= 15 is 0 Å². The highest BCUT2D eigenvalue weighted by molar-refractivity contribution is 6.32. The molecule has 0 aliphatic rings. The SMILES string of the molecule is NCCCN(Cc1ccc(F)cc1)C(=O)c1ccc(OCc2ccccc2)c(Cl)c1. The van der Waals surface area contributed by atoms with Gasteiger partial charge < -0.3 is 15.4 Å². The van der Waals surface area contributed by atoms with Gasteiger partial charge >= 0.3 is 0 Å². The summed E-state index contributed by atoms with van der Waals surface area (Å²) in [4.78, 5) is 14.8. The van der Waals surface area contributed by atoms with Crippen LogP contribution in [0.1, 0.15) is 27.9 Å². The van der Waals surface area contributed by atoms with Crippen LogP contribution in [0.15, 0.2) is 72.8 Å². The van der Waals surface area contributed by atoms with Crippen molar-refractivity contribution in [1.29, 1.82) is 0 Å². The van der Waals surface area contributed by atoms with Crippen LogP contribution >= 0.6 is 11.6 Å². The maximum atomic E-state index is 13.2. The van der Waals surface area contributed by atoms with Crippen LogP contribution in [0.5, 0.6) is 5.75 Å². The number of amides is 1. The minimum absolute atomic E-state index is 0.163. The van der Waals surface area contributed by atoms with Gasteiger partial charge in [-0.3, -0.25) is 4.79 Å². The smallest absolute Gasteiger partial charge is 0.254 e. The first-order valence-electron chi connectivity index (χ1n) is 9.77. The zero-order chi connectivity index (χ0) is 21.3. The van der Waals surface area contributed by atoms with Crippen LogP contribution in [-0.4, -0.2) is 23.9 Å². The van der Waals surface area contributed by atoms with E-state index < -0.39 is 0 Å². The standard InChI is InChI=1S/C24H24ClFN2O2/c25-22-15-20(9-12-23(22)30-17-19-5-2-1-3-6-19)24(29)28(14-4-13-27)16-18-7-10-21(26)11-8-18/h1-3,5-12,15H,4,13-14,16-17,27H2. The number of ether oxygens (including phenoxy) is 1. The number of hydrogen-bond acceptors (Lipinski definition) is 3. The van der Waals surface area contributed by atoms with Crippen molar-refractivity contribution in [2.75, 3.05) is 13.1 Å². The van der Waals surface area contributed by atoms with Crippen molar-refractivity contribution >= 4 is 17.5 Å². The highest BCUT2D eigenvalue weighted by Crippen LogP contribution is 2.27. The van der Waals surface area contributed by atoms with Crippen LogP contribution in [0, 0.1) is 5.82 Å². The molecular weight excluding hydrogens is 403 g/mol. The van der Waals surface area contributed by atoms with E-state index in [9.17, 15) is 9.18 Å². The van der Waals surface area contributed by atoms with Crippen molar-refractivity contribution in [3.8, 4) is 5.75 Å². The Labute approximate surface area is 181 Å². The molecule has 0 aliphatic carbocycles. The molecule has 0 unspecified atom stereocenters. The molecule has 0 fully saturated rings. The van der Waals surface area contributed by atoms with Gasteiger partial charge in [-0.25, -0.2) is 4.39 Å². The third kappa shape index (κ3) is 6.05. The Bertz CT molecular complexity index is 965. The summed E-state index contributed by atoms with van der Waals surface area (Å²) >= 11 is 6.37. The summed E-state index contributed by atoms with van der Waals surface area (Å²) in [7, 11) is 0. The number of carbonyl (C=O) groups excluding carboxylic acids is 1. The summed E-state index contributed by atoms with van der Waals surface area (Å²) in [6, 6.07) is 20.9. The van der Waals surface area contributed by atoms with E-state index in [2.05, 4.69) is 0 Å². The minimum Gasteiger partial charge on any atom is -0.487 e. The zero-order valence-electron chi connectivity index (χ0n) is 16.6. The number of halogens is 2. The number of benzene rings is 3. The average Bonchev–Trinajstić information content (AvgIpc) is 2.77. The lowest BCUT2D eigenvalue weighted by Crippen LogP contribution is -2.32. The quantitative estimate of drug-likeness (QED) is 0.521. The molecule has 3 aromatic carbocycles. The van der Waals surface area contributed by atoms with Gasteiger partial charge in [0.15, 0.2) is 0 Å². The van der Waals surface area contributed by atoms with E-state index in [1.54, 1.807) is 35.2 Å². The molecule has 0 aromatic heterocycles. The van der Waals surface area contributed by atoms with Gasteiger partial charge in [0.1, 0.15) is 18.2 Å². The monoisotopic (exact) mass is 426 g/mol. The fourth-order valence-corrected chi connectivity index (χ4v) is 3.25. The van der Waals surface area contributed by atoms with Gasteiger partial charge in [-0.15, -0.1) is 0 Å². The normalized spacial score (nSPS) is 10.6. The molecule has 2 N–H and O–H groups in total. The lowest BCUT2D eigenvalue weighted by atomic mass is 10.1.